The van der Waals surface area contributed by atoms with Crippen molar-refractivity contribution in [3.8, 4) is 0 Å². The molecule has 0 aliphatic heterocycles. The van der Waals surface area contributed by atoms with Crippen molar-refractivity contribution in [3.05, 3.63) is 0 Å². The van der Waals surface area contributed by atoms with Gasteiger partial charge < -0.3 is 5.11 Å². The van der Waals surface area contributed by atoms with Gasteiger partial charge in [-0.05, 0) is 24.7 Å². The molecule has 0 saturated heterocycles. The highest BCUT2D eigenvalue weighted by Gasteiger charge is 2.29. The van der Waals surface area contributed by atoms with Crippen molar-refractivity contribution in [1.29, 1.82) is 0 Å². The van der Waals surface area contributed by atoms with Crippen molar-refractivity contribution in [2.75, 3.05) is 0 Å². The zero-order valence-electron chi connectivity index (χ0n) is 9.62. The van der Waals surface area contributed by atoms with Gasteiger partial charge in [0.2, 0.25) is 0 Å². The molecule has 2 atom stereocenters. The Balaban J connectivity index is 1.66. The molecule has 0 aromatic carbocycles. The summed E-state index contributed by atoms with van der Waals surface area (Å²) in [4.78, 5) is 0. The fourth-order valence-electron chi connectivity index (χ4n) is 2.80. The van der Waals surface area contributed by atoms with Crippen LogP contribution in [0.1, 0.15) is 57.8 Å². The summed E-state index contributed by atoms with van der Waals surface area (Å²) >= 11 is 0. The van der Waals surface area contributed by atoms with E-state index in [4.69, 9.17) is 5.73 Å². The molecule has 0 amide bonds. The molecule has 0 heterocycles. The van der Waals surface area contributed by atoms with Crippen LogP contribution in [0.3, 0.4) is 0 Å². The van der Waals surface area contributed by atoms with Gasteiger partial charge in [-0.2, -0.15) is 0 Å². The summed E-state index contributed by atoms with van der Waals surface area (Å²) in [5, 5.41) is 9.87. The van der Waals surface area contributed by atoms with Crippen LogP contribution in [0, 0.1) is 11.8 Å². The van der Waals surface area contributed by atoms with E-state index in [9.17, 15) is 5.11 Å². The van der Waals surface area contributed by atoms with Crippen LogP contribution in [-0.2, 0) is 0 Å². The first kappa shape index (κ1) is 11.4. The van der Waals surface area contributed by atoms with E-state index in [1.54, 1.807) is 0 Å². The fourth-order valence-corrected chi connectivity index (χ4v) is 2.80. The van der Waals surface area contributed by atoms with Gasteiger partial charge in [-0.25, -0.2) is 0 Å². The van der Waals surface area contributed by atoms with Crippen LogP contribution in [0.15, 0.2) is 0 Å². The van der Waals surface area contributed by atoms with Gasteiger partial charge in [0.15, 0.2) is 0 Å². The number of rotatable bonds is 5. The van der Waals surface area contributed by atoms with E-state index in [2.05, 4.69) is 0 Å². The number of nitrogens with one attached hydrogen (secondary N) is 1. The van der Waals surface area contributed by atoms with E-state index in [0.29, 0.717) is 0 Å². The van der Waals surface area contributed by atoms with Crippen molar-refractivity contribution in [2.45, 2.75) is 69.9 Å². The SMILES string of the molecule is [NH]C(CC1CCCCC1)C(O)CC1CC1. The van der Waals surface area contributed by atoms with Crippen LogP contribution in [0.25, 0.3) is 0 Å². The third-order valence-corrected chi connectivity index (χ3v) is 4.05. The number of hydrogen-bond donors (Lipinski definition) is 1. The fraction of sp³-hybridized carbons (Fsp3) is 1.00. The van der Waals surface area contributed by atoms with Gasteiger partial charge in [0.05, 0.1) is 6.10 Å². The summed E-state index contributed by atoms with van der Waals surface area (Å²) in [6.45, 7) is 0. The standard InChI is InChI=1S/C13H24NO/c14-12(13(15)9-11-6-7-11)8-10-4-2-1-3-5-10/h10-15H,1-9H2. The summed E-state index contributed by atoms with van der Waals surface area (Å²) in [6.07, 6.45) is 10.7. The maximum atomic E-state index is 9.87. The lowest BCUT2D eigenvalue weighted by Crippen LogP contribution is -2.30. The van der Waals surface area contributed by atoms with Crippen LogP contribution in [0.4, 0.5) is 0 Å². The Labute approximate surface area is 93.2 Å². The summed E-state index contributed by atoms with van der Waals surface area (Å²) < 4.78 is 0. The summed E-state index contributed by atoms with van der Waals surface area (Å²) in [6, 6.07) is -0.214. The minimum Gasteiger partial charge on any atom is -0.391 e. The molecule has 0 spiro atoms. The topological polar surface area (TPSA) is 44.0 Å². The van der Waals surface area contributed by atoms with E-state index < -0.39 is 0 Å². The van der Waals surface area contributed by atoms with E-state index in [1.807, 2.05) is 0 Å². The minimum atomic E-state index is -0.348. The summed E-state index contributed by atoms with van der Waals surface area (Å²) in [7, 11) is 0. The zero-order chi connectivity index (χ0) is 10.7. The van der Waals surface area contributed by atoms with Crippen LogP contribution in [-0.4, -0.2) is 17.3 Å². The zero-order valence-corrected chi connectivity index (χ0v) is 9.62. The molecule has 2 heteroatoms. The molecule has 2 N–H and O–H groups in total. The van der Waals surface area contributed by atoms with Crippen molar-refractivity contribution in [2.24, 2.45) is 11.8 Å². The molecule has 0 aromatic heterocycles. The predicted molar refractivity (Wildman–Crippen MR) is 61.4 cm³/mol. The Kier molecular flexibility index (Phi) is 4.04. The molecule has 2 fully saturated rings. The molecule has 2 unspecified atom stereocenters. The molecule has 0 bridgehead atoms. The van der Waals surface area contributed by atoms with Crippen LogP contribution >= 0.6 is 0 Å². The molecule has 1 radical (unpaired) electrons. The van der Waals surface area contributed by atoms with Gasteiger partial charge in [-0.15, -0.1) is 0 Å². The van der Waals surface area contributed by atoms with E-state index in [1.165, 1.54) is 44.9 Å². The highest BCUT2D eigenvalue weighted by molar-refractivity contribution is 4.83. The Bertz CT molecular complexity index is 185. The first-order valence-electron chi connectivity index (χ1n) is 6.65. The van der Waals surface area contributed by atoms with Gasteiger partial charge in [0.1, 0.15) is 0 Å². The van der Waals surface area contributed by atoms with E-state index in [-0.39, 0.29) is 12.1 Å². The maximum Gasteiger partial charge on any atom is 0.0709 e. The lowest BCUT2D eigenvalue weighted by Gasteiger charge is -2.26. The average molecular weight is 210 g/mol. The Morgan fingerprint density at radius 2 is 1.53 bits per heavy atom. The normalized spacial score (nSPS) is 27.6. The lowest BCUT2D eigenvalue weighted by molar-refractivity contribution is 0.109. The highest BCUT2D eigenvalue weighted by Crippen LogP contribution is 2.35. The molecule has 2 aliphatic rings. The van der Waals surface area contributed by atoms with Crippen LogP contribution in [0.2, 0.25) is 0 Å². The first-order chi connectivity index (χ1) is 7.25. The molecule has 2 aliphatic carbocycles. The molecule has 2 saturated carbocycles. The summed E-state index contributed by atoms with van der Waals surface area (Å²) in [5.41, 5.74) is 7.99. The van der Waals surface area contributed by atoms with Gasteiger partial charge in [-0.1, -0.05) is 44.9 Å². The second kappa shape index (κ2) is 5.31. The quantitative estimate of drug-likeness (QED) is 0.745. The predicted octanol–water partition coefficient (Wildman–Crippen LogP) is 2.77. The smallest absolute Gasteiger partial charge is 0.0709 e. The Hall–Kier alpha value is -0.0800. The van der Waals surface area contributed by atoms with Crippen molar-refractivity contribution in [1.82, 2.24) is 5.73 Å². The molecule has 2 rings (SSSR count). The lowest BCUT2D eigenvalue weighted by atomic mass is 9.83. The monoisotopic (exact) mass is 210 g/mol. The van der Waals surface area contributed by atoms with Gasteiger partial charge >= 0.3 is 0 Å². The third-order valence-electron chi connectivity index (χ3n) is 4.05. The number of hydrogen-bond acceptors (Lipinski definition) is 1. The van der Waals surface area contributed by atoms with Crippen LogP contribution < -0.4 is 5.73 Å². The summed E-state index contributed by atoms with van der Waals surface area (Å²) in [5.74, 6) is 1.48. The molecular weight excluding hydrogens is 186 g/mol. The third kappa shape index (κ3) is 3.76. The molecule has 2 nitrogen and oxygen atoms in total. The van der Waals surface area contributed by atoms with Crippen molar-refractivity contribution >= 4 is 0 Å². The van der Waals surface area contributed by atoms with E-state index in [0.717, 1.165) is 24.7 Å². The van der Waals surface area contributed by atoms with Crippen molar-refractivity contribution in [3.63, 3.8) is 0 Å². The molecule has 15 heavy (non-hydrogen) atoms. The van der Waals surface area contributed by atoms with Crippen molar-refractivity contribution < 1.29 is 5.11 Å². The molecule has 87 valence electrons. The largest absolute Gasteiger partial charge is 0.391 e. The molecular formula is C13H24NO. The average Bonchev–Trinajstić information content (AvgIpc) is 3.03. The highest BCUT2D eigenvalue weighted by atomic mass is 16.3. The Morgan fingerprint density at radius 1 is 0.933 bits per heavy atom. The molecule has 0 aromatic rings. The maximum absolute atomic E-state index is 9.87. The van der Waals surface area contributed by atoms with Gasteiger partial charge in [0.25, 0.3) is 0 Å². The van der Waals surface area contributed by atoms with Gasteiger partial charge in [-0.3, -0.25) is 5.73 Å². The second-order valence-electron chi connectivity index (χ2n) is 5.59. The Morgan fingerprint density at radius 3 is 2.13 bits per heavy atom. The first-order valence-corrected chi connectivity index (χ1v) is 6.65. The van der Waals surface area contributed by atoms with E-state index >= 15 is 0 Å². The second-order valence-corrected chi connectivity index (χ2v) is 5.59. The van der Waals surface area contributed by atoms with Crippen LogP contribution in [0.5, 0.6) is 0 Å². The number of aliphatic hydroxyl groups is 1. The number of aliphatic hydroxyl groups excluding tert-OH is 1. The van der Waals surface area contributed by atoms with Gasteiger partial charge in [0, 0.05) is 6.04 Å². The minimum absolute atomic E-state index is 0.214.